The number of amides is 1. The summed E-state index contributed by atoms with van der Waals surface area (Å²) in [6, 6.07) is 7.52. The standard InChI is InChI=1S/C13H13N5OS/c1-7-12(19)17-9-6-8(2-3-10(9)20-7)16-11-4-5-15-13(14)18-11/h2-7H,1H3,(H,17,19)(H3,14,15,16,18). The van der Waals surface area contributed by atoms with Crippen molar-refractivity contribution in [3.8, 4) is 0 Å². The number of benzene rings is 1. The molecule has 2 heterocycles. The van der Waals surface area contributed by atoms with Gasteiger partial charge in [0.05, 0.1) is 10.9 Å². The minimum atomic E-state index is -0.0667. The molecule has 0 aliphatic carbocycles. The molecule has 0 bridgehead atoms. The van der Waals surface area contributed by atoms with Crippen molar-refractivity contribution in [3.05, 3.63) is 30.5 Å². The van der Waals surface area contributed by atoms with Crippen LogP contribution in [0.3, 0.4) is 0 Å². The van der Waals surface area contributed by atoms with Crippen molar-refractivity contribution >= 4 is 40.8 Å². The minimum absolute atomic E-state index is 0.0194. The van der Waals surface area contributed by atoms with E-state index in [4.69, 9.17) is 5.73 Å². The lowest BCUT2D eigenvalue weighted by molar-refractivity contribution is -0.115. The Bertz CT molecular complexity index is 676. The van der Waals surface area contributed by atoms with Crippen LogP contribution in [0.2, 0.25) is 0 Å². The molecule has 1 aromatic carbocycles. The molecule has 0 fully saturated rings. The highest BCUT2D eigenvalue weighted by atomic mass is 32.2. The highest BCUT2D eigenvalue weighted by Gasteiger charge is 2.22. The largest absolute Gasteiger partial charge is 0.368 e. The lowest BCUT2D eigenvalue weighted by atomic mass is 10.2. The number of carbonyl (C=O) groups excluding carboxylic acids is 1. The van der Waals surface area contributed by atoms with E-state index in [9.17, 15) is 4.79 Å². The normalized spacial score (nSPS) is 17.2. The molecule has 1 unspecified atom stereocenters. The van der Waals surface area contributed by atoms with Crippen LogP contribution in [0.5, 0.6) is 0 Å². The van der Waals surface area contributed by atoms with E-state index in [0.717, 1.165) is 16.3 Å². The number of hydrogen-bond acceptors (Lipinski definition) is 6. The predicted molar refractivity (Wildman–Crippen MR) is 80.1 cm³/mol. The molecule has 0 saturated carbocycles. The Morgan fingerprint density at radius 3 is 3.05 bits per heavy atom. The van der Waals surface area contributed by atoms with Gasteiger partial charge in [0, 0.05) is 16.8 Å². The fourth-order valence-corrected chi connectivity index (χ4v) is 2.81. The molecule has 3 rings (SSSR count). The minimum Gasteiger partial charge on any atom is -0.368 e. The number of hydrogen-bond donors (Lipinski definition) is 3. The lowest BCUT2D eigenvalue weighted by Gasteiger charge is -2.22. The van der Waals surface area contributed by atoms with Gasteiger partial charge in [-0.3, -0.25) is 4.79 Å². The Morgan fingerprint density at radius 2 is 2.25 bits per heavy atom. The van der Waals surface area contributed by atoms with Gasteiger partial charge in [-0.05, 0) is 31.2 Å². The Kier molecular flexibility index (Phi) is 3.19. The zero-order valence-corrected chi connectivity index (χ0v) is 11.6. The zero-order chi connectivity index (χ0) is 14.1. The van der Waals surface area contributed by atoms with Crippen molar-refractivity contribution in [2.75, 3.05) is 16.4 Å². The first-order chi connectivity index (χ1) is 9.61. The summed E-state index contributed by atoms with van der Waals surface area (Å²) in [4.78, 5) is 20.6. The molecule has 0 spiro atoms. The first-order valence-electron chi connectivity index (χ1n) is 6.09. The maximum atomic E-state index is 11.7. The molecule has 0 saturated heterocycles. The smallest absolute Gasteiger partial charge is 0.237 e. The second-order valence-corrected chi connectivity index (χ2v) is 5.77. The van der Waals surface area contributed by atoms with Gasteiger partial charge in [0.15, 0.2) is 0 Å². The first kappa shape index (κ1) is 12.7. The third-order valence-corrected chi connectivity index (χ3v) is 4.03. The Balaban J connectivity index is 1.86. The number of nitrogens with two attached hydrogens (primary N) is 1. The number of nitrogen functional groups attached to an aromatic ring is 1. The third kappa shape index (κ3) is 2.53. The van der Waals surface area contributed by atoms with Crippen LogP contribution in [0.25, 0.3) is 0 Å². The molecule has 102 valence electrons. The topological polar surface area (TPSA) is 92.9 Å². The summed E-state index contributed by atoms with van der Waals surface area (Å²) in [7, 11) is 0. The molecule has 1 aliphatic heterocycles. The van der Waals surface area contributed by atoms with Gasteiger partial charge < -0.3 is 16.4 Å². The number of carbonyl (C=O) groups is 1. The maximum Gasteiger partial charge on any atom is 0.237 e. The molecular weight excluding hydrogens is 274 g/mol. The van der Waals surface area contributed by atoms with Crippen molar-refractivity contribution in [1.29, 1.82) is 0 Å². The zero-order valence-electron chi connectivity index (χ0n) is 10.8. The van der Waals surface area contributed by atoms with Gasteiger partial charge in [0.1, 0.15) is 5.82 Å². The molecule has 1 amide bonds. The van der Waals surface area contributed by atoms with E-state index in [2.05, 4.69) is 20.6 Å². The molecule has 1 aromatic heterocycles. The molecule has 1 atom stereocenters. The van der Waals surface area contributed by atoms with Gasteiger partial charge in [-0.15, -0.1) is 11.8 Å². The molecule has 0 radical (unpaired) electrons. The van der Waals surface area contributed by atoms with Crippen LogP contribution in [-0.4, -0.2) is 21.1 Å². The Morgan fingerprint density at radius 1 is 1.40 bits per heavy atom. The summed E-state index contributed by atoms with van der Waals surface area (Å²) in [6.45, 7) is 1.89. The van der Waals surface area contributed by atoms with Crippen LogP contribution in [0.4, 0.5) is 23.1 Å². The number of rotatable bonds is 2. The van der Waals surface area contributed by atoms with Crippen LogP contribution < -0.4 is 16.4 Å². The average Bonchev–Trinajstić information content (AvgIpc) is 2.40. The predicted octanol–water partition coefficient (Wildman–Crippen LogP) is 2.24. The summed E-state index contributed by atoms with van der Waals surface area (Å²) < 4.78 is 0. The summed E-state index contributed by atoms with van der Waals surface area (Å²) >= 11 is 1.55. The van der Waals surface area contributed by atoms with E-state index in [1.165, 1.54) is 0 Å². The second kappa shape index (κ2) is 5.01. The van der Waals surface area contributed by atoms with Crippen molar-refractivity contribution in [2.45, 2.75) is 17.1 Å². The third-order valence-electron chi connectivity index (χ3n) is 2.86. The van der Waals surface area contributed by atoms with Crippen LogP contribution >= 0.6 is 11.8 Å². The van der Waals surface area contributed by atoms with Crippen LogP contribution in [-0.2, 0) is 4.79 Å². The number of thioether (sulfide) groups is 1. The number of fused-ring (bicyclic) bond motifs is 1. The van der Waals surface area contributed by atoms with Crippen molar-refractivity contribution in [3.63, 3.8) is 0 Å². The molecule has 1 aliphatic rings. The van der Waals surface area contributed by atoms with E-state index in [1.807, 2.05) is 25.1 Å². The highest BCUT2D eigenvalue weighted by Crippen LogP contribution is 2.37. The number of anilines is 4. The summed E-state index contributed by atoms with van der Waals surface area (Å²) in [5, 5.41) is 5.95. The Labute approximate surface area is 120 Å². The highest BCUT2D eigenvalue weighted by molar-refractivity contribution is 8.00. The van der Waals surface area contributed by atoms with Crippen LogP contribution in [0, 0.1) is 0 Å². The SMILES string of the molecule is CC1Sc2ccc(Nc3ccnc(N)n3)cc2NC1=O. The first-order valence-corrected chi connectivity index (χ1v) is 6.97. The van der Waals surface area contributed by atoms with Gasteiger partial charge in [0.25, 0.3) is 0 Å². The van der Waals surface area contributed by atoms with E-state index in [0.29, 0.717) is 5.82 Å². The van der Waals surface area contributed by atoms with Gasteiger partial charge in [-0.2, -0.15) is 4.98 Å². The number of nitrogens with zero attached hydrogens (tertiary/aromatic N) is 2. The van der Waals surface area contributed by atoms with E-state index in [-0.39, 0.29) is 17.1 Å². The monoisotopic (exact) mass is 287 g/mol. The number of nitrogens with one attached hydrogen (secondary N) is 2. The average molecular weight is 287 g/mol. The van der Waals surface area contributed by atoms with Gasteiger partial charge in [-0.1, -0.05) is 0 Å². The van der Waals surface area contributed by atoms with E-state index in [1.54, 1.807) is 24.0 Å². The van der Waals surface area contributed by atoms with Crippen LogP contribution in [0.1, 0.15) is 6.92 Å². The maximum absolute atomic E-state index is 11.7. The van der Waals surface area contributed by atoms with Gasteiger partial charge in [-0.25, -0.2) is 4.98 Å². The van der Waals surface area contributed by atoms with Crippen molar-refractivity contribution in [1.82, 2.24) is 9.97 Å². The molecule has 2 aromatic rings. The summed E-state index contributed by atoms with van der Waals surface area (Å²) in [5.41, 5.74) is 7.18. The second-order valence-electron chi connectivity index (χ2n) is 4.39. The quantitative estimate of drug-likeness (QED) is 0.784. The number of aromatic nitrogens is 2. The molecule has 20 heavy (non-hydrogen) atoms. The molecule has 7 heteroatoms. The van der Waals surface area contributed by atoms with Crippen molar-refractivity contribution in [2.24, 2.45) is 0 Å². The lowest BCUT2D eigenvalue weighted by Crippen LogP contribution is -2.26. The Hall–Kier alpha value is -2.28. The fraction of sp³-hybridized carbons (Fsp3) is 0.154. The summed E-state index contributed by atoms with van der Waals surface area (Å²) in [5.74, 6) is 0.845. The van der Waals surface area contributed by atoms with Gasteiger partial charge >= 0.3 is 0 Å². The fourth-order valence-electron chi connectivity index (χ4n) is 1.88. The summed E-state index contributed by atoms with van der Waals surface area (Å²) in [6.07, 6.45) is 1.59. The van der Waals surface area contributed by atoms with Crippen LogP contribution in [0.15, 0.2) is 35.4 Å². The molecular formula is C13H13N5OS. The van der Waals surface area contributed by atoms with Gasteiger partial charge in [0.2, 0.25) is 11.9 Å². The van der Waals surface area contributed by atoms with E-state index < -0.39 is 0 Å². The molecule has 6 nitrogen and oxygen atoms in total. The van der Waals surface area contributed by atoms with E-state index >= 15 is 0 Å². The molecule has 4 N–H and O–H groups in total. The van der Waals surface area contributed by atoms with Crippen molar-refractivity contribution < 1.29 is 4.79 Å².